The van der Waals surface area contributed by atoms with Crippen LogP contribution in [0.2, 0.25) is 0 Å². The molecule has 0 bridgehead atoms. The minimum absolute atomic E-state index is 0.159. The quantitative estimate of drug-likeness (QED) is 0.711. The van der Waals surface area contributed by atoms with E-state index in [2.05, 4.69) is 15.3 Å². The molecule has 0 aliphatic rings. The topological polar surface area (TPSA) is 114 Å². The molecular formula is C14H23N3O5. The number of nitrogens with one attached hydrogen (secondary N) is 1. The molecule has 1 aromatic heterocycles. The van der Waals surface area contributed by atoms with Crippen LogP contribution in [0.4, 0.5) is 4.79 Å². The third kappa shape index (κ3) is 6.23. The Bertz CT molecular complexity index is 472. The zero-order chi connectivity index (χ0) is 16.8. The minimum Gasteiger partial charge on any atom is -0.467 e. The minimum atomic E-state index is -1.15. The second kappa shape index (κ2) is 7.90. The molecule has 22 heavy (non-hydrogen) atoms. The van der Waals surface area contributed by atoms with E-state index < -0.39 is 23.9 Å². The van der Waals surface area contributed by atoms with E-state index in [0.29, 0.717) is 5.56 Å². The van der Waals surface area contributed by atoms with Crippen LogP contribution in [-0.2, 0) is 4.74 Å². The van der Waals surface area contributed by atoms with Crippen molar-refractivity contribution in [3.63, 3.8) is 0 Å². The second-order valence-corrected chi connectivity index (χ2v) is 5.73. The molecule has 3 N–H and O–H groups in total. The SMILES string of the molecule is COc1ncc(C(O)C(O)CCNC(=O)OC(C)(C)C)cn1. The van der Waals surface area contributed by atoms with E-state index in [0.717, 1.165) is 0 Å². The Morgan fingerprint density at radius 2 is 1.91 bits per heavy atom. The molecule has 0 fully saturated rings. The van der Waals surface area contributed by atoms with Gasteiger partial charge in [0.25, 0.3) is 0 Å². The van der Waals surface area contributed by atoms with Gasteiger partial charge in [0.05, 0.1) is 13.2 Å². The number of nitrogens with zero attached hydrogens (tertiary/aromatic N) is 2. The van der Waals surface area contributed by atoms with Gasteiger partial charge in [0.15, 0.2) is 0 Å². The summed E-state index contributed by atoms with van der Waals surface area (Å²) < 4.78 is 9.87. The lowest BCUT2D eigenvalue weighted by atomic mass is 10.1. The van der Waals surface area contributed by atoms with E-state index in [-0.39, 0.29) is 19.0 Å². The average molecular weight is 313 g/mol. The van der Waals surface area contributed by atoms with Crippen molar-refractivity contribution in [2.45, 2.75) is 45.0 Å². The van der Waals surface area contributed by atoms with Crippen LogP contribution in [0.1, 0.15) is 38.9 Å². The fourth-order valence-corrected chi connectivity index (χ4v) is 1.60. The van der Waals surface area contributed by atoms with Gasteiger partial charge in [0.1, 0.15) is 11.7 Å². The number of aliphatic hydroxyl groups excluding tert-OH is 2. The van der Waals surface area contributed by atoms with Crippen LogP contribution in [0.3, 0.4) is 0 Å². The highest BCUT2D eigenvalue weighted by molar-refractivity contribution is 5.67. The summed E-state index contributed by atoms with van der Waals surface area (Å²) in [4.78, 5) is 19.1. The fourth-order valence-electron chi connectivity index (χ4n) is 1.60. The van der Waals surface area contributed by atoms with Gasteiger partial charge in [0, 0.05) is 24.5 Å². The number of rotatable bonds is 6. The molecule has 2 unspecified atom stereocenters. The van der Waals surface area contributed by atoms with E-state index >= 15 is 0 Å². The standard InChI is InChI=1S/C14H23N3O5/c1-14(2,3)22-13(20)15-6-5-10(18)11(19)9-7-16-12(21-4)17-8-9/h7-8,10-11,18-19H,5-6H2,1-4H3,(H,15,20). The molecule has 0 radical (unpaired) electrons. The summed E-state index contributed by atoms with van der Waals surface area (Å²) in [6.07, 6.45) is 0.134. The molecule has 1 rings (SSSR count). The molecule has 8 heteroatoms. The number of carbonyl (C=O) groups is 1. The molecule has 0 aromatic carbocycles. The van der Waals surface area contributed by atoms with E-state index in [4.69, 9.17) is 9.47 Å². The van der Waals surface area contributed by atoms with Gasteiger partial charge in [-0.1, -0.05) is 0 Å². The first-order valence-electron chi connectivity index (χ1n) is 6.92. The van der Waals surface area contributed by atoms with Crippen molar-refractivity contribution in [2.24, 2.45) is 0 Å². The van der Waals surface area contributed by atoms with Crippen molar-refractivity contribution < 1.29 is 24.5 Å². The molecular weight excluding hydrogens is 290 g/mol. The largest absolute Gasteiger partial charge is 0.467 e. The summed E-state index contributed by atoms with van der Waals surface area (Å²) in [6, 6.07) is 0.178. The number of hydrogen-bond acceptors (Lipinski definition) is 7. The molecule has 8 nitrogen and oxygen atoms in total. The van der Waals surface area contributed by atoms with Gasteiger partial charge in [-0.05, 0) is 27.2 Å². The zero-order valence-corrected chi connectivity index (χ0v) is 13.2. The number of aromatic nitrogens is 2. The summed E-state index contributed by atoms with van der Waals surface area (Å²) in [5.74, 6) is 0. The van der Waals surface area contributed by atoms with Crippen molar-refractivity contribution >= 4 is 6.09 Å². The third-order valence-electron chi connectivity index (χ3n) is 2.65. The third-order valence-corrected chi connectivity index (χ3v) is 2.65. The lowest BCUT2D eigenvalue weighted by molar-refractivity contribution is 0.0118. The summed E-state index contributed by atoms with van der Waals surface area (Å²) in [7, 11) is 1.43. The van der Waals surface area contributed by atoms with Gasteiger partial charge in [-0.25, -0.2) is 14.8 Å². The Morgan fingerprint density at radius 3 is 2.41 bits per heavy atom. The molecule has 124 valence electrons. The molecule has 0 aliphatic heterocycles. The first-order valence-corrected chi connectivity index (χ1v) is 6.92. The van der Waals surface area contributed by atoms with Crippen LogP contribution in [0.25, 0.3) is 0 Å². The normalized spacial score (nSPS) is 14.1. The molecule has 0 spiro atoms. The first-order chi connectivity index (χ1) is 10.2. The molecule has 1 amide bonds. The molecule has 0 saturated carbocycles. The Morgan fingerprint density at radius 1 is 1.32 bits per heavy atom. The predicted molar refractivity (Wildman–Crippen MR) is 78.4 cm³/mol. The predicted octanol–water partition coefficient (Wildman–Crippen LogP) is 0.794. The maximum absolute atomic E-state index is 11.4. The molecule has 2 atom stereocenters. The number of aliphatic hydroxyl groups is 2. The Hall–Kier alpha value is -1.93. The van der Waals surface area contributed by atoms with Crippen molar-refractivity contribution in [2.75, 3.05) is 13.7 Å². The van der Waals surface area contributed by atoms with Gasteiger partial charge >= 0.3 is 12.1 Å². The fraction of sp³-hybridized carbons (Fsp3) is 0.643. The molecule has 0 saturated heterocycles. The van der Waals surface area contributed by atoms with E-state index in [9.17, 15) is 15.0 Å². The van der Waals surface area contributed by atoms with Crippen LogP contribution in [0.5, 0.6) is 6.01 Å². The molecule has 1 aromatic rings. The second-order valence-electron chi connectivity index (χ2n) is 5.73. The summed E-state index contributed by atoms with van der Waals surface area (Å²) in [5.41, 5.74) is -0.214. The lowest BCUT2D eigenvalue weighted by Gasteiger charge is -2.21. The number of carbonyl (C=O) groups excluding carboxylic acids is 1. The smallest absolute Gasteiger partial charge is 0.407 e. The highest BCUT2D eigenvalue weighted by Gasteiger charge is 2.20. The number of alkyl carbamates (subject to hydrolysis) is 1. The van der Waals surface area contributed by atoms with E-state index in [1.165, 1.54) is 19.5 Å². The van der Waals surface area contributed by atoms with Gasteiger partial charge in [-0.2, -0.15) is 0 Å². The van der Waals surface area contributed by atoms with Gasteiger partial charge < -0.3 is 25.0 Å². The summed E-state index contributed by atoms with van der Waals surface area (Å²) in [5, 5.41) is 22.4. The highest BCUT2D eigenvalue weighted by atomic mass is 16.6. The average Bonchev–Trinajstić information content (AvgIpc) is 2.44. The lowest BCUT2D eigenvalue weighted by Crippen LogP contribution is -2.34. The van der Waals surface area contributed by atoms with Gasteiger partial charge in [-0.3, -0.25) is 0 Å². The molecule has 0 aliphatic carbocycles. The van der Waals surface area contributed by atoms with Crippen LogP contribution in [-0.4, -0.2) is 51.6 Å². The van der Waals surface area contributed by atoms with Crippen molar-refractivity contribution in [1.29, 1.82) is 0 Å². The Kier molecular flexibility index (Phi) is 6.51. The number of methoxy groups -OCH3 is 1. The monoisotopic (exact) mass is 313 g/mol. The Labute approximate surface area is 129 Å². The summed E-state index contributed by atoms with van der Waals surface area (Å²) in [6.45, 7) is 5.45. The van der Waals surface area contributed by atoms with Crippen molar-refractivity contribution in [3.05, 3.63) is 18.0 Å². The molecule has 1 heterocycles. The van der Waals surface area contributed by atoms with Crippen LogP contribution in [0, 0.1) is 0 Å². The zero-order valence-electron chi connectivity index (χ0n) is 13.2. The van der Waals surface area contributed by atoms with Crippen molar-refractivity contribution in [1.82, 2.24) is 15.3 Å². The van der Waals surface area contributed by atoms with Crippen LogP contribution in [0.15, 0.2) is 12.4 Å². The number of ether oxygens (including phenoxy) is 2. The van der Waals surface area contributed by atoms with Crippen LogP contribution >= 0.6 is 0 Å². The number of hydrogen-bond donors (Lipinski definition) is 3. The van der Waals surface area contributed by atoms with Crippen molar-refractivity contribution in [3.8, 4) is 6.01 Å². The summed E-state index contributed by atoms with van der Waals surface area (Å²) >= 11 is 0. The van der Waals surface area contributed by atoms with Crippen LogP contribution < -0.4 is 10.1 Å². The van der Waals surface area contributed by atoms with E-state index in [1.54, 1.807) is 20.8 Å². The maximum atomic E-state index is 11.4. The number of amides is 1. The van der Waals surface area contributed by atoms with Gasteiger partial charge in [0.2, 0.25) is 0 Å². The maximum Gasteiger partial charge on any atom is 0.407 e. The first kappa shape index (κ1) is 18.1. The van der Waals surface area contributed by atoms with Gasteiger partial charge in [-0.15, -0.1) is 0 Å². The highest BCUT2D eigenvalue weighted by Crippen LogP contribution is 2.18. The van der Waals surface area contributed by atoms with E-state index in [1.807, 2.05) is 0 Å². The Balaban J connectivity index is 2.40.